The molecule has 1 amide bonds. The van der Waals surface area contributed by atoms with Crippen LogP contribution in [0.15, 0.2) is 42.5 Å². The number of carbonyl (C=O) groups excluding carboxylic acids is 1. The van der Waals surface area contributed by atoms with Crippen LogP contribution in [0.1, 0.15) is 37.5 Å². The van der Waals surface area contributed by atoms with E-state index in [9.17, 15) is 13.2 Å². The van der Waals surface area contributed by atoms with Gasteiger partial charge in [-0.2, -0.15) is 0 Å². The molecule has 0 radical (unpaired) electrons. The summed E-state index contributed by atoms with van der Waals surface area (Å²) in [6.45, 7) is 9.66. The lowest BCUT2D eigenvalue weighted by atomic mass is 9.86. The number of hydrogen-bond donors (Lipinski definition) is 1. The van der Waals surface area contributed by atoms with E-state index in [0.29, 0.717) is 11.4 Å². The van der Waals surface area contributed by atoms with Crippen LogP contribution in [0.4, 0.5) is 11.4 Å². The molecule has 0 atom stereocenters. The van der Waals surface area contributed by atoms with E-state index in [1.54, 1.807) is 12.1 Å². The third-order valence-electron chi connectivity index (χ3n) is 4.55. The molecule has 27 heavy (non-hydrogen) atoms. The molecule has 2 rings (SSSR count). The standard InChI is InChI=1S/C21H28N2O3S/c1-15-10-9-12-18(16(15)2)22-20(24)14-23(27(6,25)26)19-13-8-7-11-17(19)21(3,4)5/h7-13H,14H2,1-6H3,(H,22,24). The van der Waals surface area contributed by atoms with E-state index in [2.05, 4.69) is 5.32 Å². The van der Waals surface area contributed by atoms with Crippen LogP contribution in [-0.4, -0.2) is 27.1 Å². The lowest BCUT2D eigenvalue weighted by Gasteiger charge is -2.29. The molecular formula is C21H28N2O3S. The Morgan fingerprint density at radius 2 is 1.67 bits per heavy atom. The number of rotatable bonds is 5. The number of benzene rings is 2. The molecule has 0 aromatic heterocycles. The smallest absolute Gasteiger partial charge is 0.245 e. The molecule has 1 N–H and O–H groups in total. The lowest BCUT2D eigenvalue weighted by molar-refractivity contribution is -0.114. The summed E-state index contributed by atoms with van der Waals surface area (Å²) >= 11 is 0. The van der Waals surface area contributed by atoms with Gasteiger partial charge in [-0.25, -0.2) is 8.42 Å². The zero-order chi connectivity index (χ0) is 20.4. The molecule has 0 saturated carbocycles. The van der Waals surface area contributed by atoms with Gasteiger partial charge in [0.15, 0.2) is 0 Å². The van der Waals surface area contributed by atoms with Crippen LogP contribution in [-0.2, 0) is 20.2 Å². The fraction of sp³-hybridized carbons (Fsp3) is 0.381. The highest BCUT2D eigenvalue weighted by molar-refractivity contribution is 7.92. The minimum atomic E-state index is -3.63. The molecule has 5 nitrogen and oxygen atoms in total. The highest BCUT2D eigenvalue weighted by Gasteiger charge is 2.27. The Hall–Kier alpha value is -2.34. The van der Waals surface area contributed by atoms with Crippen LogP contribution in [0, 0.1) is 13.8 Å². The third-order valence-corrected chi connectivity index (χ3v) is 5.67. The van der Waals surface area contributed by atoms with E-state index in [1.165, 1.54) is 4.31 Å². The summed E-state index contributed by atoms with van der Waals surface area (Å²) in [5.41, 5.74) is 3.86. The second-order valence-electron chi connectivity index (χ2n) is 7.83. The second kappa shape index (κ2) is 7.72. The van der Waals surface area contributed by atoms with Crippen LogP contribution in [0.5, 0.6) is 0 Å². The number of nitrogens with one attached hydrogen (secondary N) is 1. The van der Waals surface area contributed by atoms with Gasteiger partial charge in [0.25, 0.3) is 0 Å². The van der Waals surface area contributed by atoms with Gasteiger partial charge in [-0.15, -0.1) is 0 Å². The molecule has 146 valence electrons. The molecule has 0 aliphatic carbocycles. The number of nitrogens with zero attached hydrogens (tertiary/aromatic N) is 1. The quantitative estimate of drug-likeness (QED) is 0.842. The fourth-order valence-electron chi connectivity index (χ4n) is 2.91. The molecule has 6 heteroatoms. The number of hydrogen-bond acceptors (Lipinski definition) is 3. The maximum Gasteiger partial charge on any atom is 0.245 e. The first-order chi connectivity index (χ1) is 12.4. The van der Waals surface area contributed by atoms with Gasteiger partial charge in [-0.05, 0) is 48.1 Å². The van der Waals surface area contributed by atoms with Crippen LogP contribution in [0.2, 0.25) is 0 Å². The van der Waals surface area contributed by atoms with Gasteiger partial charge >= 0.3 is 0 Å². The second-order valence-corrected chi connectivity index (χ2v) is 9.74. The van der Waals surface area contributed by atoms with E-state index in [-0.39, 0.29) is 17.9 Å². The summed E-state index contributed by atoms with van der Waals surface area (Å²) in [5.74, 6) is -0.377. The SMILES string of the molecule is Cc1cccc(NC(=O)CN(c2ccccc2C(C)(C)C)S(C)(=O)=O)c1C. The first kappa shape index (κ1) is 21.0. The highest BCUT2D eigenvalue weighted by atomic mass is 32.2. The van der Waals surface area contributed by atoms with Gasteiger partial charge in [0.05, 0.1) is 11.9 Å². The number of aryl methyl sites for hydroxylation is 1. The molecule has 0 spiro atoms. The van der Waals surface area contributed by atoms with Crippen molar-refractivity contribution in [2.24, 2.45) is 0 Å². The van der Waals surface area contributed by atoms with Crippen LogP contribution in [0.25, 0.3) is 0 Å². The van der Waals surface area contributed by atoms with Crippen molar-refractivity contribution in [3.8, 4) is 0 Å². The molecular weight excluding hydrogens is 360 g/mol. The van der Waals surface area contributed by atoms with Crippen molar-refractivity contribution in [2.75, 3.05) is 22.4 Å². The summed E-state index contributed by atoms with van der Waals surface area (Å²) in [5, 5.41) is 2.84. The molecule has 0 bridgehead atoms. The number of para-hydroxylation sites is 1. The average Bonchev–Trinajstić information content (AvgIpc) is 2.55. The van der Waals surface area contributed by atoms with Crippen molar-refractivity contribution in [1.82, 2.24) is 0 Å². The van der Waals surface area contributed by atoms with Crippen molar-refractivity contribution in [2.45, 2.75) is 40.0 Å². The largest absolute Gasteiger partial charge is 0.324 e. The normalized spacial score (nSPS) is 11.9. The summed E-state index contributed by atoms with van der Waals surface area (Å²) < 4.78 is 26.1. The Balaban J connectivity index is 2.37. The average molecular weight is 389 g/mol. The van der Waals surface area contributed by atoms with Crippen molar-refractivity contribution in [3.05, 3.63) is 59.2 Å². The Kier molecular flexibility index (Phi) is 6.00. The third kappa shape index (κ3) is 5.10. The Morgan fingerprint density at radius 3 is 2.26 bits per heavy atom. The zero-order valence-corrected chi connectivity index (χ0v) is 17.6. The van der Waals surface area contributed by atoms with Crippen LogP contribution < -0.4 is 9.62 Å². The Morgan fingerprint density at radius 1 is 1.04 bits per heavy atom. The highest BCUT2D eigenvalue weighted by Crippen LogP contribution is 2.33. The summed E-state index contributed by atoms with van der Waals surface area (Å²) in [4.78, 5) is 12.7. The summed E-state index contributed by atoms with van der Waals surface area (Å²) in [7, 11) is -3.63. The molecule has 0 saturated heterocycles. The van der Waals surface area contributed by atoms with Crippen molar-refractivity contribution in [3.63, 3.8) is 0 Å². The Bertz CT molecular complexity index is 944. The van der Waals surface area contributed by atoms with Crippen molar-refractivity contribution in [1.29, 1.82) is 0 Å². The maximum atomic E-state index is 12.7. The number of amides is 1. The number of anilines is 2. The topological polar surface area (TPSA) is 66.5 Å². The van der Waals surface area contributed by atoms with E-state index in [0.717, 1.165) is 22.9 Å². The lowest BCUT2D eigenvalue weighted by Crippen LogP contribution is -2.38. The van der Waals surface area contributed by atoms with Crippen LogP contribution in [0.3, 0.4) is 0 Å². The van der Waals surface area contributed by atoms with E-state index >= 15 is 0 Å². The maximum absolute atomic E-state index is 12.7. The van der Waals surface area contributed by atoms with Gasteiger partial charge < -0.3 is 5.32 Å². The van der Waals surface area contributed by atoms with Gasteiger partial charge in [0.2, 0.25) is 15.9 Å². The fourth-order valence-corrected chi connectivity index (χ4v) is 3.78. The van der Waals surface area contributed by atoms with Crippen molar-refractivity contribution < 1.29 is 13.2 Å². The molecule has 0 heterocycles. The first-order valence-corrected chi connectivity index (χ1v) is 10.7. The molecule has 0 unspecified atom stereocenters. The van der Waals surface area contributed by atoms with Gasteiger partial charge in [-0.1, -0.05) is 51.1 Å². The van der Waals surface area contributed by atoms with E-state index in [1.807, 2.05) is 65.0 Å². The van der Waals surface area contributed by atoms with E-state index in [4.69, 9.17) is 0 Å². The molecule has 0 fully saturated rings. The zero-order valence-electron chi connectivity index (χ0n) is 16.8. The predicted octanol–water partition coefficient (Wildman–Crippen LogP) is 4.01. The summed E-state index contributed by atoms with van der Waals surface area (Å²) in [6.07, 6.45) is 1.12. The van der Waals surface area contributed by atoms with Gasteiger partial charge in [-0.3, -0.25) is 9.10 Å². The molecule has 2 aromatic rings. The molecule has 0 aliphatic heterocycles. The monoisotopic (exact) mass is 388 g/mol. The molecule has 0 aliphatic rings. The number of sulfonamides is 1. The predicted molar refractivity (Wildman–Crippen MR) is 112 cm³/mol. The number of carbonyl (C=O) groups is 1. The van der Waals surface area contributed by atoms with Crippen molar-refractivity contribution >= 4 is 27.3 Å². The minimum absolute atomic E-state index is 0.261. The van der Waals surface area contributed by atoms with Gasteiger partial charge in [0.1, 0.15) is 6.54 Å². The van der Waals surface area contributed by atoms with E-state index < -0.39 is 10.0 Å². The Labute approximate surface area is 162 Å². The van der Waals surface area contributed by atoms with Crippen LogP contribution >= 0.6 is 0 Å². The first-order valence-electron chi connectivity index (χ1n) is 8.84. The minimum Gasteiger partial charge on any atom is -0.324 e. The van der Waals surface area contributed by atoms with Gasteiger partial charge in [0, 0.05) is 5.69 Å². The summed E-state index contributed by atoms with van der Waals surface area (Å²) in [6, 6.07) is 12.9. The molecule has 2 aromatic carbocycles.